The summed E-state index contributed by atoms with van der Waals surface area (Å²) < 4.78 is 31.5. The van der Waals surface area contributed by atoms with Gasteiger partial charge in [-0.1, -0.05) is 73.5 Å². The Morgan fingerprint density at radius 2 is 1.72 bits per heavy atom. The minimum absolute atomic E-state index is 0.0195. The molecule has 0 aliphatic rings. The number of halogens is 1. The highest BCUT2D eigenvalue weighted by Crippen LogP contribution is 2.26. The monoisotopic (exact) mass is 763 g/mol. The quantitative estimate of drug-likeness (QED) is 0.0176. The molecule has 0 bridgehead atoms. The van der Waals surface area contributed by atoms with Gasteiger partial charge in [0.1, 0.15) is 19.0 Å². The fourth-order valence-corrected chi connectivity index (χ4v) is 4.92. The second-order valence-electron chi connectivity index (χ2n) is 10.8. The summed E-state index contributed by atoms with van der Waals surface area (Å²) in [7, 11) is 0. The van der Waals surface area contributed by atoms with Crippen LogP contribution in [-0.2, 0) is 46.2 Å². The Morgan fingerprint density at radius 3 is 2.42 bits per heavy atom. The minimum Gasteiger partial charge on any atom is -0.435 e. The summed E-state index contributed by atoms with van der Waals surface area (Å²) in [4.78, 5) is 55.4. The van der Waals surface area contributed by atoms with E-state index in [2.05, 4.69) is 14.9 Å². The van der Waals surface area contributed by atoms with Gasteiger partial charge in [0.25, 0.3) is 5.09 Å². The lowest BCUT2D eigenvalue weighted by Crippen LogP contribution is -2.33. The second kappa shape index (κ2) is 21.6. The average Bonchev–Trinajstić information content (AvgIpc) is 3.43. The first-order chi connectivity index (χ1) is 25.4. The predicted octanol–water partition coefficient (Wildman–Crippen LogP) is 4.40. The number of unbranched alkanes of at least 4 members (excludes halogenated alkanes) is 1. The van der Waals surface area contributed by atoms with Gasteiger partial charge in [0.15, 0.2) is 23.4 Å². The molecule has 20 heteroatoms. The van der Waals surface area contributed by atoms with Crippen molar-refractivity contribution in [1.82, 2.24) is 14.7 Å². The molecule has 1 atom stereocenters. The zero-order valence-corrected chi connectivity index (χ0v) is 30.2. The van der Waals surface area contributed by atoms with E-state index in [1.807, 2.05) is 43.3 Å². The number of nitrogens with zero attached hydrogens (tertiary/aromatic N) is 5. The number of benzene rings is 2. The smallest absolute Gasteiger partial charge is 0.435 e. The minimum atomic E-state index is -1.24. The van der Waals surface area contributed by atoms with E-state index >= 15 is 0 Å². The maximum absolute atomic E-state index is 13.2. The number of ether oxygens (including phenoxy) is 6. The molecule has 0 amide bonds. The maximum Gasteiger partial charge on any atom is 0.511 e. The van der Waals surface area contributed by atoms with Crippen LogP contribution in [0.1, 0.15) is 61.1 Å². The Hall–Kier alpha value is -5.66. The van der Waals surface area contributed by atoms with E-state index in [0.717, 1.165) is 34.6 Å². The standard InChI is InChI=1S/C33H42ClN7O12/c1-4-6-11-27-37-29(34)28(31(42)52-22(3)53-33(44)48-5-2)39(27)20-23-12-14-24(15-13-23)25-9-7-8-10-26(25)30(35)38-40(36)21-50-32(43)49-18-16-47-17-19-51-41(45)46/h7-10,12-15,22H,4-6,11,16-21,36H2,1-3H3,(H2,35,38). The Balaban J connectivity index is 1.68. The number of aromatic nitrogens is 2. The molecule has 53 heavy (non-hydrogen) atoms. The van der Waals surface area contributed by atoms with Crippen molar-refractivity contribution in [3.63, 3.8) is 0 Å². The van der Waals surface area contributed by atoms with E-state index < -0.39 is 36.4 Å². The lowest BCUT2D eigenvalue weighted by molar-refractivity contribution is -0.758. The van der Waals surface area contributed by atoms with Gasteiger partial charge in [-0.25, -0.2) is 25.2 Å². The average molecular weight is 764 g/mol. The largest absolute Gasteiger partial charge is 0.511 e. The number of nitrogens with two attached hydrogens (primary N) is 2. The van der Waals surface area contributed by atoms with Crippen molar-refractivity contribution in [2.24, 2.45) is 16.7 Å². The Labute approximate surface area is 309 Å². The Bertz CT molecular complexity index is 1700. The molecule has 1 heterocycles. The summed E-state index contributed by atoms with van der Waals surface area (Å²) in [6.45, 7) is 4.37. The number of hydrazone groups is 1. The van der Waals surface area contributed by atoms with Crippen LogP contribution in [0.5, 0.6) is 0 Å². The van der Waals surface area contributed by atoms with E-state index in [1.54, 1.807) is 23.6 Å². The van der Waals surface area contributed by atoms with Crippen LogP contribution in [-0.4, -0.2) is 89.9 Å². The first-order valence-electron chi connectivity index (χ1n) is 16.4. The molecule has 1 aromatic heterocycles. The van der Waals surface area contributed by atoms with E-state index in [9.17, 15) is 24.5 Å². The highest BCUT2D eigenvalue weighted by molar-refractivity contribution is 6.32. The zero-order valence-electron chi connectivity index (χ0n) is 29.4. The van der Waals surface area contributed by atoms with Gasteiger partial charge in [0, 0.05) is 25.5 Å². The van der Waals surface area contributed by atoms with Crippen molar-refractivity contribution < 1.29 is 52.7 Å². The molecule has 288 valence electrons. The number of aryl methyl sites for hydroxylation is 1. The fraction of sp³-hybridized carbons (Fsp3) is 0.424. The highest BCUT2D eigenvalue weighted by atomic mass is 35.5. The van der Waals surface area contributed by atoms with Crippen LogP contribution in [0, 0.1) is 10.1 Å². The number of hydrogen-bond donors (Lipinski definition) is 2. The van der Waals surface area contributed by atoms with Crippen LogP contribution in [0.2, 0.25) is 5.15 Å². The Morgan fingerprint density at radius 1 is 1.00 bits per heavy atom. The van der Waals surface area contributed by atoms with E-state index in [-0.39, 0.29) is 56.3 Å². The number of carbonyl (C=O) groups excluding carboxylic acids is 3. The van der Waals surface area contributed by atoms with Gasteiger partial charge in [0.2, 0.25) is 6.29 Å². The number of carbonyl (C=O) groups is 3. The number of hydrazine groups is 1. The first kappa shape index (κ1) is 41.8. The van der Waals surface area contributed by atoms with Gasteiger partial charge in [-0.2, -0.15) is 5.12 Å². The molecule has 3 rings (SSSR count). The van der Waals surface area contributed by atoms with Crippen molar-refractivity contribution in [1.29, 1.82) is 0 Å². The lowest BCUT2D eigenvalue weighted by Gasteiger charge is -2.16. The van der Waals surface area contributed by atoms with Crippen molar-refractivity contribution in [2.45, 2.75) is 52.9 Å². The molecule has 0 saturated carbocycles. The third-order valence-corrected chi connectivity index (χ3v) is 7.24. The molecule has 0 spiro atoms. The van der Waals surface area contributed by atoms with Crippen LogP contribution in [0.4, 0.5) is 9.59 Å². The molecule has 0 saturated heterocycles. The van der Waals surface area contributed by atoms with Crippen LogP contribution in [0.3, 0.4) is 0 Å². The highest BCUT2D eigenvalue weighted by Gasteiger charge is 2.26. The van der Waals surface area contributed by atoms with Crippen LogP contribution < -0.4 is 11.6 Å². The van der Waals surface area contributed by atoms with Crippen molar-refractivity contribution in [3.05, 3.63) is 86.4 Å². The van der Waals surface area contributed by atoms with Gasteiger partial charge >= 0.3 is 18.3 Å². The molecule has 0 aliphatic carbocycles. The topological polar surface area (TPSA) is 244 Å². The molecule has 0 fully saturated rings. The molecule has 1 unspecified atom stereocenters. The zero-order chi connectivity index (χ0) is 38.8. The summed E-state index contributed by atoms with van der Waals surface area (Å²) in [5.74, 6) is 5.69. The van der Waals surface area contributed by atoms with E-state index in [1.165, 1.54) is 6.92 Å². The maximum atomic E-state index is 13.2. The number of amidine groups is 1. The normalized spacial score (nSPS) is 11.7. The molecule has 0 radical (unpaired) electrons. The van der Waals surface area contributed by atoms with E-state index in [4.69, 9.17) is 51.6 Å². The summed E-state index contributed by atoms with van der Waals surface area (Å²) in [6.07, 6.45) is -0.991. The molecular weight excluding hydrogens is 722 g/mol. The summed E-state index contributed by atoms with van der Waals surface area (Å²) >= 11 is 6.44. The van der Waals surface area contributed by atoms with Gasteiger partial charge in [-0.3, -0.25) is 0 Å². The number of esters is 1. The molecule has 2 aromatic carbocycles. The second-order valence-corrected chi connectivity index (χ2v) is 11.2. The van der Waals surface area contributed by atoms with Crippen molar-refractivity contribution in [2.75, 3.05) is 39.8 Å². The Kier molecular flexibility index (Phi) is 17.1. The number of rotatable bonds is 21. The van der Waals surface area contributed by atoms with Crippen molar-refractivity contribution in [3.8, 4) is 11.1 Å². The van der Waals surface area contributed by atoms with Crippen LogP contribution in [0.15, 0.2) is 53.6 Å². The van der Waals surface area contributed by atoms with Crippen molar-refractivity contribution >= 4 is 35.7 Å². The molecule has 4 N–H and O–H groups in total. The van der Waals surface area contributed by atoms with Gasteiger partial charge in [-0.15, -0.1) is 15.2 Å². The third kappa shape index (κ3) is 13.8. The van der Waals surface area contributed by atoms with Gasteiger partial charge in [-0.05, 0) is 30.0 Å². The third-order valence-electron chi connectivity index (χ3n) is 6.98. The summed E-state index contributed by atoms with van der Waals surface area (Å²) in [6, 6.07) is 14.7. The SMILES string of the molecule is CCCCc1nc(Cl)c(C(=O)OC(C)OC(=O)OCC)n1Cc1ccc(-c2ccccc2/C(N)=N/N(N)COC(=O)OCCOCCO[N+](=O)[O-])cc1. The van der Waals surface area contributed by atoms with Crippen LogP contribution >= 0.6 is 11.6 Å². The van der Waals surface area contributed by atoms with E-state index in [0.29, 0.717) is 17.8 Å². The molecule has 19 nitrogen and oxygen atoms in total. The molecule has 0 aliphatic heterocycles. The summed E-state index contributed by atoms with van der Waals surface area (Å²) in [5, 5.41) is 14.0. The van der Waals surface area contributed by atoms with Crippen LogP contribution in [0.25, 0.3) is 11.1 Å². The fourth-order valence-electron chi connectivity index (χ4n) is 4.64. The molecular formula is C33H42ClN7O12. The summed E-state index contributed by atoms with van der Waals surface area (Å²) in [5.41, 5.74) is 9.20. The van der Waals surface area contributed by atoms with Gasteiger partial charge in [0.05, 0.1) is 19.8 Å². The first-order valence-corrected chi connectivity index (χ1v) is 16.8. The number of hydrogen-bond acceptors (Lipinski definition) is 16. The molecule has 3 aromatic rings. The predicted molar refractivity (Wildman–Crippen MR) is 188 cm³/mol. The lowest BCUT2D eigenvalue weighted by atomic mass is 9.98. The number of imidazole rings is 1. The van der Waals surface area contributed by atoms with Gasteiger partial charge < -0.3 is 43.6 Å².